The van der Waals surface area contributed by atoms with Gasteiger partial charge in [0, 0.05) is 28.1 Å². The second-order valence-electron chi connectivity index (χ2n) is 5.33. The van der Waals surface area contributed by atoms with Crippen molar-refractivity contribution in [1.29, 1.82) is 0 Å². The first-order valence-corrected chi connectivity index (χ1v) is 9.28. The summed E-state index contributed by atoms with van der Waals surface area (Å²) in [6.07, 6.45) is 1.10. The number of hydrogen-bond acceptors (Lipinski definition) is 4. The van der Waals surface area contributed by atoms with Crippen molar-refractivity contribution in [3.63, 3.8) is 0 Å². The summed E-state index contributed by atoms with van der Waals surface area (Å²) in [5, 5.41) is 9.96. The number of rotatable bonds is 6. The molecule has 0 bridgehead atoms. The molecule has 6 heteroatoms. The Balaban J connectivity index is 1.81. The largest absolute Gasteiger partial charge is 0.352 e. The second kappa shape index (κ2) is 8.29. The second-order valence-corrected chi connectivity index (χ2v) is 7.48. The predicted octanol–water partition coefficient (Wildman–Crippen LogP) is 3.76. The summed E-state index contributed by atoms with van der Waals surface area (Å²) < 4.78 is 0. The van der Waals surface area contributed by atoms with Gasteiger partial charge in [0.15, 0.2) is 5.96 Å². The number of guanidine groups is 1. The summed E-state index contributed by atoms with van der Waals surface area (Å²) in [6.45, 7) is 8.03. The molecule has 0 amide bonds. The molecule has 120 valence electrons. The van der Waals surface area contributed by atoms with E-state index in [-0.39, 0.29) is 0 Å². The first-order valence-electron chi connectivity index (χ1n) is 7.58. The number of aryl methyl sites for hydroxylation is 1. The van der Waals surface area contributed by atoms with E-state index in [4.69, 9.17) is 0 Å². The van der Waals surface area contributed by atoms with Crippen molar-refractivity contribution in [3.8, 4) is 0 Å². The van der Waals surface area contributed by atoms with Crippen LogP contribution in [0.25, 0.3) is 0 Å². The summed E-state index contributed by atoms with van der Waals surface area (Å²) in [6, 6.07) is 4.37. The van der Waals surface area contributed by atoms with Gasteiger partial charge in [-0.05, 0) is 18.6 Å². The fraction of sp³-hybridized carbons (Fsp3) is 0.500. The van der Waals surface area contributed by atoms with Crippen LogP contribution in [0.5, 0.6) is 0 Å². The maximum Gasteiger partial charge on any atom is 0.191 e. The third-order valence-electron chi connectivity index (χ3n) is 3.22. The Hall–Kier alpha value is -1.40. The van der Waals surface area contributed by atoms with Crippen LogP contribution in [0, 0.1) is 0 Å². The van der Waals surface area contributed by atoms with E-state index in [1.165, 1.54) is 14.8 Å². The van der Waals surface area contributed by atoms with Gasteiger partial charge in [0.05, 0.1) is 23.8 Å². The fourth-order valence-electron chi connectivity index (χ4n) is 1.94. The van der Waals surface area contributed by atoms with Gasteiger partial charge < -0.3 is 10.6 Å². The van der Waals surface area contributed by atoms with E-state index in [1.807, 2.05) is 11.3 Å². The molecule has 2 aromatic heterocycles. The minimum Gasteiger partial charge on any atom is -0.352 e. The number of thiazole rings is 1. The molecule has 22 heavy (non-hydrogen) atoms. The van der Waals surface area contributed by atoms with Crippen molar-refractivity contribution in [2.24, 2.45) is 4.99 Å². The first-order chi connectivity index (χ1) is 10.6. The van der Waals surface area contributed by atoms with Gasteiger partial charge in [-0.15, -0.1) is 22.7 Å². The predicted molar refractivity (Wildman–Crippen MR) is 96.9 cm³/mol. The molecule has 4 nitrogen and oxygen atoms in total. The zero-order chi connectivity index (χ0) is 15.9. The van der Waals surface area contributed by atoms with E-state index in [9.17, 15) is 0 Å². The van der Waals surface area contributed by atoms with Crippen molar-refractivity contribution >= 4 is 28.6 Å². The first kappa shape index (κ1) is 17.0. The monoisotopic (exact) mass is 336 g/mol. The Morgan fingerprint density at radius 3 is 2.55 bits per heavy atom. The van der Waals surface area contributed by atoms with E-state index in [0.29, 0.717) is 12.5 Å². The quantitative estimate of drug-likeness (QED) is 0.624. The van der Waals surface area contributed by atoms with Gasteiger partial charge in [0.25, 0.3) is 0 Å². The molecule has 0 saturated heterocycles. The molecular weight excluding hydrogens is 312 g/mol. The SMILES string of the molecule is CCc1ccc(CNC(=NC)NCc2csc(C(C)C)n2)s1. The van der Waals surface area contributed by atoms with Gasteiger partial charge >= 0.3 is 0 Å². The average Bonchev–Trinajstić information content (AvgIpc) is 3.16. The van der Waals surface area contributed by atoms with E-state index >= 15 is 0 Å². The van der Waals surface area contributed by atoms with Gasteiger partial charge in [-0.1, -0.05) is 20.8 Å². The van der Waals surface area contributed by atoms with Crippen LogP contribution in [0.3, 0.4) is 0 Å². The van der Waals surface area contributed by atoms with Crippen LogP contribution >= 0.6 is 22.7 Å². The maximum absolute atomic E-state index is 4.62. The molecule has 0 unspecified atom stereocenters. The number of nitrogens with zero attached hydrogens (tertiary/aromatic N) is 2. The molecule has 2 aromatic rings. The Morgan fingerprint density at radius 2 is 1.95 bits per heavy atom. The number of thiophene rings is 1. The zero-order valence-corrected chi connectivity index (χ0v) is 15.3. The zero-order valence-electron chi connectivity index (χ0n) is 13.6. The van der Waals surface area contributed by atoms with E-state index in [1.54, 1.807) is 18.4 Å². The van der Waals surface area contributed by atoms with Crippen LogP contribution < -0.4 is 10.6 Å². The van der Waals surface area contributed by atoms with Crippen molar-refractivity contribution in [2.75, 3.05) is 7.05 Å². The van der Waals surface area contributed by atoms with Crippen molar-refractivity contribution in [2.45, 2.75) is 46.2 Å². The molecule has 0 aromatic carbocycles. The molecule has 2 N–H and O–H groups in total. The molecule has 2 rings (SSSR count). The Labute approximate surface area is 140 Å². The van der Waals surface area contributed by atoms with Gasteiger partial charge in [-0.25, -0.2) is 4.98 Å². The van der Waals surface area contributed by atoms with E-state index < -0.39 is 0 Å². The lowest BCUT2D eigenvalue weighted by Crippen LogP contribution is -2.36. The average molecular weight is 337 g/mol. The van der Waals surface area contributed by atoms with Gasteiger partial charge in [0.1, 0.15) is 0 Å². The van der Waals surface area contributed by atoms with E-state index in [2.05, 4.69) is 58.9 Å². The van der Waals surface area contributed by atoms with Gasteiger partial charge in [-0.3, -0.25) is 4.99 Å². The van der Waals surface area contributed by atoms with Gasteiger partial charge in [-0.2, -0.15) is 0 Å². The molecular formula is C16H24N4S2. The molecule has 2 heterocycles. The molecule has 0 atom stereocenters. The highest BCUT2D eigenvalue weighted by atomic mass is 32.1. The lowest BCUT2D eigenvalue weighted by atomic mass is 10.2. The number of hydrogen-bond donors (Lipinski definition) is 2. The van der Waals surface area contributed by atoms with Crippen LogP contribution in [0.2, 0.25) is 0 Å². The topological polar surface area (TPSA) is 49.3 Å². The highest BCUT2D eigenvalue weighted by molar-refractivity contribution is 7.12. The molecule has 0 fully saturated rings. The lowest BCUT2D eigenvalue weighted by Gasteiger charge is -2.10. The number of nitrogens with one attached hydrogen (secondary N) is 2. The van der Waals surface area contributed by atoms with Gasteiger partial charge in [0.2, 0.25) is 0 Å². The van der Waals surface area contributed by atoms with Crippen molar-refractivity contribution < 1.29 is 0 Å². The van der Waals surface area contributed by atoms with Crippen LogP contribution in [0.4, 0.5) is 0 Å². The molecule has 0 aliphatic carbocycles. The minimum absolute atomic E-state index is 0.489. The summed E-state index contributed by atoms with van der Waals surface area (Å²) in [5.41, 5.74) is 1.07. The van der Waals surface area contributed by atoms with Crippen molar-refractivity contribution in [3.05, 3.63) is 38.0 Å². The summed E-state index contributed by atoms with van der Waals surface area (Å²) in [7, 11) is 1.79. The highest BCUT2D eigenvalue weighted by Gasteiger charge is 2.06. The smallest absolute Gasteiger partial charge is 0.191 e. The van der Waals surface area contributed by atoms with Crippen LogP contribution in [-0.4, -0.2) is 18.0 Å². The molecule has 0 aliphatic rings. The molecule has 0 spiro atoms. The molecule has 0 radical (unpaired) electrons. The molecule has 0 aliphatic heterocycles. The lowest BCUT2D eigenvalue weighted by molar-refractivity contribution is 0.787. The van der Waals surface area contributed by atoms with Crippen molar-refractivity contribution in [1.82, 2.24) is 15.6 Å². The normalized spacial score (nSPS) is 12.0. The highest BCUT2D eigenvalue weighted by Crippen LogP contribution is 2.19. The summed E-state index contributed by atoms with van der Waals surface area (Å²) >= 11 is 3.57. The molecule has 0 saturated carbocycles. The van der Waals surface area contributed by atoms with Crippen LogP contribution in [-0.2, 0) is 19.5 Å². The summed E-state index contributed by atoms with van der Waals surface area (Å²) in [4.78, 5) is 11.6. The summed E-state index contributed by atoms with van der Waals surface area (Å²) in [5.74, 6) is 1.30. The van der Waals surface area contributed by atoms with E-state index in [0.717, 1.165) is 24.6 Å². The standard InChI is InChI=1S/C16H24N4S2/c1-5-13-6-7-14(22-13)9-19-16(17-4)18-8-12-10-21-15(20-12)11(2)3/h6-7,10-11H,5,8-9H2,1-4H3,(H2,17,18,19). The minimum atomic E-state index is 0.489. The fourth-order valence-corrected chi connectivity index (χ4v) is 3.67. The van der Waals surface area contributed by atoms with Crippen LogP contribution in [0.1, 0.15) is 47.1 Å². The third-order valence-corrected chi connectivity index (χ3v) is 5.64. The Bertz CT molecular complexity index is 613. The Morgan fingerprint density at radius 1 is 1.23 bits per heavy atom. The third kappa shape index (κ3) is 4.81. The Kier molecular flexibility index (Phi) is 6.39. The maximum atomic E-state index is 4.62. The number of aliphatic imine (C=N–C) groups is 1. The van der Waals surface area contributed by atoms with Crippen LogP contribution in [0.15, 0.2) is 22.5 Å². The number of aromatic nitrogens is 1.